The molecule has 2 aromatic rings. The lowest BCUT2D eigenvalue weighted by molar-refractivity contribution is -0.181. The fraction of sp³-hybridized carbons (Fsp3) is 0.524. The molecule has 10 nitrogen and oxygen atoms in total. The van der Waals surface area contributed by atoms with Gasteiger partial charge >= 0.3 is 0 Å². The summed E-state index contributed by atoms with van der Waals surface area (Å²) in [5.41, 5.74) is 0.750. The first kappa shape index (κ1) is 22.2. The molecule has 0 aromatic carbocycles. The zero-order valence-corrected chi connectivity index (χ0v) is 18.0. The lowest BCUT2D eigenvalue weighted by atomic mass is 9.95. The number of H-pyrrole nitrogens is 1. The number of aromatic amines is 1. The van der Waals surface area contributed by atoms with Gasteiger partial charge in [0, 0.05) is 30.6 Å². The Balaban J connectivity index is 1.33. The third-order valence-electron chi connectivity index (χ3n) is 5.69. The maximum Gasteiger partial charge on any atom is 0.274 e. The Hall–Kier alpha value is -3.05. The molecule has 2 aromatic heterocycles. The Bertz CT molecular complexity index is 967. The molecule has 0 radical (unpaired) electrons. The molecule has 2 saturated heterocycles. The van der Waals surface area contributed by atoms with E-state index in [-0.39, 0.29) is 47.2 Å². The van der Waals surface area contributed by atoms with Gasteiger partial charge in [-0.1, -0.05) is 0 Å². The fourth-order valence-corrected chi connectivity index (χ4v) is 3.82. The third-order valence-corrected chi connectivity index (χ3v) is 5.69. The van der Waals surface area contributed by atoms with Crippen LogP contribution in [0.25, 0.3) is 11.3 Å². The molecule has 2 aliphatic rings. The van der Waals surface area contributed by atoms with E-state index in [9.17, 15) is 14.0 Å². The molecule has 172 valence electrons. The van der Waals surface area contributed by atoms with Crippen LogP contribution < -0.4 is 10.1 Å². The van der Waals surface area contributed by atoms with Crippen molar-refractivity contribution in [2.75, 3.05) is 33.4 Å². The van der Waals surface area contributed by atoms with E-state index >= 15 is 0 Å². The molecule has 2 fully saturated rings. The summed E-state index contributed by atoms with van der Waals surface area (Å²) in [7, 11) is 1.44. The smallest absolute Gasteiger partial charge is 0.274 e. The normalized spacial score (nSPS) is 21.9. The quantitative estimate of drug-likeness (QED) is 0.710. The Morgan fingerprint density at radius 1 is 1.25 bits per heavy atom. The van der Waals surface area contributed by atoms with Crippen molar-refractivity contribution >= 4 is 11.8 Å². The van der Waals surface area contributed by atoms with Crippen molar-refractivity contribution in [2.24, 2.45) is 5.92 Å². The molecule has 4 heterocycles. The first-order valence-electron chi connectivity index (χ1n) is 10.5. The summed E-state index contributed by atoms with van der Waals surface area (Å²) < 4.78 is 30.0. The largest absolute Gasteiger partial charge is 0.481 e. The number of carbonyl (C=O) groups excluding carboxylic acids is 2. The topological polar surface area (TPSA) is 119 Å². The lowest BCUT2D eigenvalue weighted by Crippen LogP contribution is -2.50. The molecule has 0 bridgehead atoms. The lowest BCUT2D eigenvalue weighted by Gasteiger charge is -2.33. The van der Waals surface area contributed by atoms with E-state index in [0.29, 0.717) is 44.8 Å². The molecule has 0 unspecified atom stereocenters. The number of aromatic nitrogens is 3. The second kappa shape index (κ2) is 9.61. The molecule has 0 saturated carbocycles. The average Bonchev–Trinajstić information content (AvgIpc) is 3.30. The number of halogens is 1. The summed E-state index contributed by atoms with van der Waals surface area (Å²) in [5, 5.41) is 9.71. The van der Waals surface area contributed by atoms with Gasteiger partial charge in [-0.2, -0.15) is 5.10 Å². The summed E-state index contributed by atoms with van der Waals surface area (Å²) in [4.78, 5) is 30.9. The van der Waals surface area contributed by atoms with Gasteiger partial charge in [0.2, 0.25) is 11.8 Å². The van der Waals surface area contributed by atoms with Gasteiger partial charge in [-0.3, -0.25) is 14.7 Å². The summed E-state index contributed by atoms with van der Waals surface area (Å²) in [6, 6.07) is 2.78. The van der Waals surface area contributed by atoms with E-state index in [0.717, 1.165) is 6.20 Å². The number of ether oxygens (including phenoxy) is 3. The van der Waals surface area contributed by atoms with Gasteiger partial charge in [0.25, 0.3) is 5.91 Å². The number of hydrogen-bond donors (Lipinski definition) is 2. The van der Waals surface area contributed by atoms with Crippen LogP contribution in [-0.4, -0.2) is 77.6 Å². The monoisotopic (exact) mass is 447 g/mol. The molecule has 2 aliphatic heterocycles. The number of nitrogens with zero attached hydrogens (tertiary/aromatic N) is 3. The number of piperidine rings is 1. The van der Waals surface area contributed by atoms with Gasteiger partial charge in [0.15, 0.2) is 17.8 Å². The highest BCUT2D eigenvalue weighted by molar-refractivity contribution is 5.93. The number of rotatable bonds is 5. The van der Waals surface area contributed by atoms with Gasteiger partial charge < -0.3 is 24.4 Å². The molecule has 0 aliphatic carbocycles. The maximum absolute atomic E-state index is 14.1. The van der Waals surface area contributed by atoms with E-state index in [1.807, 2.05) is 6.92 Å². The molecule has 2 amide bonds. The molecular formula is C21H26FN5O5. The van der Waals surface area contributed by atoms with E-state index in [1.165, 1.54) is 19.2 Å². The Labute approximate surface area is 184 Å². The first-order chi connectivity index (χ1) is 15.4. The number of pyridine rings is 1. The minimum absolute atomic E-state index is 0.0481. The van der Waals surface area contributed by atoms with Gasteiger partial charge in [-0.05, 0) is 25.8 Å². The van der Waals surface area contributed by atoms with Crippen molar-refractivity contribution in [1.29, 1.82) is 0 Å². The number of amides is 2. The number of methoxy groups -OCH3 is 1. The van der Waals surface area contributed by atoms with Gasteiger partial charge in [0.05, 0.1) is 38.3 Å². The van der Waals surface area contributed by atoms with E-state index < -0.39 is 5.82 Å². The summed E-state index contributed by atoms with van der Waals surface area (Å²) in [5.74, 6) is -0.788. The Morgan fingerprint density at radius 3 is 2.66 bits per heavy atom. The highest BCUT2D eigenvalue weighted by Crippen LogP contribution is 2.25. The first-order valence-corrected chi connectivity index (χ1v) is 10.5. The van der Waals surface area contributed by atoms with Crippen molar-refractivity contribution in [1.82, 2.24) is 25.4 Å². The number of carbonyl (C=O) groups is 2. The molecule has 32 heavy (non-hydrogen) atoms. The highest BCUT2D eigenvalue weighted by Gasteiger charge is 2.31. The second-order valence-corrected chi connectivity index (χ2v) is 7.88. The molecule has 0 spiro atoms. The second-order valence-electron chi connectivity index (χ2n) is 7.88. The predicted molar refractivity (Wildman–Crippen MR) is 110 cm³/mol. The van der Waals surface area contributed by atoms with Crippen molar-refractivity contribution in [3.8, 4) is 17.1 Å². The minimum atomic E-state index is -0.552. The van der Waals surface area contributed by atoms with Crippen molar-refractivity contribution in [3.63, 3.8) is 0 Å². The van der Waals surface area contributed by atoms with Gasteiger partial charge in [-0.15, -0.1) is 0 Å². The number of hydrogen-bond acceptors (Lipinski definition) is 7. The minimum Gasteiger partial charge on any atom is -0.481 e. The third kappa shape index (κ3) is 4.89. The van der Waals surface area contributed by atoms with Crippen LogP contribution in [0, 0.1) is 11.7 Å². The number of likely N-dealkylation sites (tertiary alicyclic amines) is 1. The van der Waals surface area contributed by atoms with E-state index in [4.69, 9.17) is 14.2 Å². The predicted octanol–water partition coefficient (Wildman–Crippen LogP) is 1.35. The average molecular weight is 447 g/mol. The van der Waals surface area contributed by atoms with Crippen molar-refractivity contribution < 1.29 is 28.2 Å². The zero-order chi connectivity index (χ0) is 22.7. The van der Waals surface area contributed by atoms with Crippen LogP contribution >= 0.6 is 0 Å². The van der Waals surface area contributed by atoms with Crippen LogP contribution in [0.15, 0.2) is 18.3 Å². The van der Waals surface area contributed by atoms with Crippen LogP contribution in [0.3, 0.4) is 0 Å². The Morgan fingerprint density at radius 2 is 1.97 bits per heavy atom. The fourth-order valence-electron chi connectivity index (χ4n) is 3.82. The summed E-state index contributed by atoms with van der Waals surface area (Å²) >= 11 is 0. The summed E-state index contributed by atoms with van der Waals surface area (Å²) in [6.07, 6.45) is 1.90. The zero-order valence-electron chi connectivity index (χ0n) is 18.0. The molecule has 4 rings (SSSR count). The van der Waals surface area contributed by atoms with E-state index in [2.05, 4.69) is 20.5 Å². The highest BCUT2D eigenvalue weighted by atomic mass is 19.1. The number of nitrogens with one attached hydrogen (secondary N) is 2. The van der Waals surface area contributed by atoms with Gasteiger partial charge in [-0.25, -0.2) is 9.37 Å². The van der Waals surface area contributed by atoms with Crippen LogP contribution in [-0.2, 0) is 14.3 Å². The molecular weight excluding hydrogens is 421 g/mol. The van der Waals surface area contributed by atoms with E-state index in [1.54, 1.807) is 4.90 Å². The standard InChI is InChI=1S/C21H26FN5O5/c1-12-31-10-14(11-32-12)24-20(28)13-3-5-27(6-4-13)21(29)18-8-17(25-26-18)15-7-19(30-2)23-9-16(15)22/h7-9,12-14H,3-6,10-11H2,1-2H3,(H,24,28)(H,25,26). The molecule has 2 N–H and O–H groups in total. The molecule has 0 atom stereocenters. The van der Waals surface area contributed by atoms with Crippen LogP contribution in [0.1, 0.15) is 30.3 Å². The SMILES string of the molecule is COc1cc(-c2cc(C(=O)N3CCC(C(=O)NC4COC(C)OC4)CC3)n[nH]2)c(F)cn1. The maximum atomic E-state index is 14.1. The van der Waals surface area contributed by atoms with Crippen molar-refractivity contribution in [2.45, 2.75) is 32.1 Å². The summed E-state index contributed by atoms with van der Waals surface area (Å²) in [6.45, 7) is 3.54. The van der Waals surface area contributed by atoms with Crippen LogP contribution in [0.2, 0.25) is 0 Å². The molecule has 11 heteroatoms. The Kier molecular flexibility index (Phi) is 6.66. The van der Waals surface area contributed by atoms with Gasteiger partial charge in [0.1, 0.15) is 0 Å². The van der Waals surface area contributed by atoms with Crippen molar-refractivity contribution in [3.05, 3.63) is 29.8 Å². The van der Waals surface area contributed by atoms with Crippen LogP contribution in [0.5, 0.6) is 5.88 Å². The van der Waals surface area contributed by atoms with Crippen LogP contribution in [0.4, 0.5) is 4.39 Å².